The van der Waals surface area contributed by atoms with Crippen molar-refractivity contribution in [3.8, 4) is 0 Å². The molecule has 2 aromatic heterocycles. The molecule has 0 radical (unpaired) electrons. The number of carboxylic acid groups (broad SMARTS) is 1. The number of hydrogen-bond donors (Lipinski definition) is 3. The number of likely N-dealkylation sites (tertiary alicyclic amines) is 1. The summed E-state index contributed by atoms with van der Waals surface area (Å²) >= 11 is 0. The second-order valence-corrected chi connectivity index (χ2v) is 7.06. The predicted molar refractivity (Wildman–Crippen MR) is 91.2 cm³/mol. The molecule has 3 N–H and O–H groups in total. The van der Waals surface area contributed by atoms with Crippen molar-refractivity contribution < 1.29 is 9.90 Å². The van der Waals surface area contributed by atoms with Gasteiger partial charge < -0.3 is 10.1 Å². The Morgan fingerprint density at radius 3 is 3.04 bits per heavy atom. The number of amides is 1. The largest absolute Gasteiger partial charge is 0.465 e. The van der Waals surface area contributed by atoms with Crippen molar-refractivity contribution in [1.29, 1.82) is 0 Å². The van der Waals surface area contributed by atoms with Gasteiger partial charge >= 0.3 is 6.09 Å². The Morgan fingerprint density at radius 2 is 2.20 bits per heavy atom. The highest BCUT2D eigenvalue weighted by Gasteiger charge is 2.50. The Morgan fingerprint density at radius 1 is 1.32 bits per heavy atom. The molecule has 2 aliphatic rings. The Kier molecular flexibility index (Phi) is 3.10. The number of nitrogens with zero attached hydrogens (tertiary/aromatic N) is 3. The summed E-state index contributed by atoms with van der Waals surface area (Å²) in [5.41, 5.74) is 2.16. The Hall–Kier alpha value is -2.83. The first-order valence-corrected chi connectivity index (χ1v) is 8.68. The lowest BCUT2D eigenvalue weighted by atomic mass is 9.98. The molecule has 1 aliphatic heterocycles. The molecule has 0 unspecified atom stereocenters. The first kappa shape index (κ1) is 14.5. The highest BCUT2D eigenvalue weighted by Crippen LogP contribution is 2.49. The zero-order chi connectivity index (χ0) is 17.0. The molecule has 1 aromatic carbocycles. The molecule has 25 heavy (non-hydrogen) atoms. The number of para-hydroxylation sites is 1. The summed E-state index contributed by atoms with van der Waals surface area (Å²) in [6.07, 6.45) is 2.71. The average Bonchev–Trinajstić information content (AvgIpc) is 3.36. The van der Waals surface area contributed by atoms with Gasteiger partial charge in [-0.25, -0.2) is 9.78 Å². The highest BCUT2D eigenvalue weighted by molar-refractivity contribution is 5.80. The molecule has 7 heteroatoms. The van der Waals surface area contributed by atoms with Crippen molar-refractivity contribution in [2.75, 3.05) is 0 Å². The van der Waals surface area contributed by atoms with Crippen molar-refractivity contribution >= 4 is 17.0 Å². The number of aromatic amines is 2. The molecule has 3 aromatic rings. The summed E-state index contributed by atoms with van der Waals surface area (Å²) in [4.78, 5) is 21.2. The van der Waals surface area contributed by atoms with E-state index in [9.17, 15) is 9.90 Å². The highest BCUT2D eigenvalue weighted by atomic mass is 16.4. The summed E-state index contributed by atoms with van der Waals surface area (Å²) in [7, 11) is 0. The topological polar surface area (TPSA) is 97.9 Å². The normalized spacial score (nSPS) is 25.1. The summed E-state index contributed by atoms with van der Waals surface area (Å²) in [5, 5.41) is 18.1. The number of fused-ring (bicyclic) bond motifs is 3. The van der Waals surface area contributed by atoms with Gasteiger partial charge in [0.15, 0.2) is 5.82 Å². The standard InChI is InChI=1S/C18H19N5O2/c24-18(25)23-13-6-5-11(8-13)16(23)17-20-15(21-22-17)9-12-7-10-3-1-2-4-14(10)19-12/h1-4,7,11,13,16,19H,5-6,8-9H2,(H,24,25)(H,20,21,22)/t11-,13+,16-/m0/s1. The van der Waals surface area contributed by atoms with Crippen molar-refractivity contribution in [2.24, 2.45) is 5.92 Å². The Labute approximate surface area is 144 Å². The van der Waals surface area contributed by atoms with Gasteiger partial charge in [0.1, 0.15) is 11.9 Å². The van der Waals surface area contributed by atoms with Crippen molar-refractivity contribution in [2.45, 2.75) is 37.8 Å². The number of rotatable bonds is 3. The van der Waals surface area contributed by atoms with Crippen molar-refractivity contribution in [3.63, 3.8) is 0 Å². The van der Waals surface area contributed by atoms with Gasteiger partial charge in [0.2, 0.25) is 0 Å². The Bertz CT molecular complexity index is 913. The minimum atomic E-state index is -0.862. The van der Waals surface area contributed by atoms with Crippen LogP contribution in [0.25, 0.3) is 10.9 Å². The fourth-order valence-corrected chi connectivity index (χ4v) is 4.53. The molecule has 2 bridgehead atoms. The lowest BCUT2D eigenvalue weighted by molar-refractivity contribution is 0.0990. The molecule has 128 valence electrons. The van der Waals surface area contributed by atoms with Gasteiger partial charge in [-0.2, -0.15) is 5.10 Å². The van der Waals surface area contributed by atoms with E-state index in [-0.39, 0.29) is 12.1 Å². The zero-order valence-electron chi connectivity index (χ0n) is 13.6. The van der Waals surface area contributed by atoms with E-state index in [1.807, 2.05) is 18.2 Å². The van der Waals surface area contributed by atoms with Crippen LogP contribution in [0.2, 0.25) is 0 Å². The van der Waals surface area contributed by atoms with Gasteiger partial charge in [-0.1, -0.05) is 18.2 Å². The molecule has 7 nitrogen and oxygen atoms in total. The van der Waals surface area contributed by atoms with E-state index in [1.165, 1.54) is 5.39 Å². The van der Waals surface area contributed by atoms with Crippen molar-refractivity contribution in [1.82, 2.24) is 25.1 Å². The zero-order valence-corrected chi connectivity index (χ0v) is 13.6. The summed E-state index contributed by atoms with van der Waals surface area (Å²) in [6.45, 7) is 0. The van der Waals surface area contributed by atoms with Crippen LogP contribution in [0.4, 0.5) is 4.79 Å². The van der Waals surface area contributed by atoms with Crippen LogP contribution in [-0.2, 0) is 6.42 Å². The SMILES string of the molecule is O=C(O)N1[C@@H]2CC[C@@H](C2)[C@H]1c1n[nH]c(Cc2cc3ccccc3[nH]2)n1. The average molecular weight is 337 g/mol. The van der Waals surface area contributed by atoms with Gasteiger partial charge in [-0.15, -0.1) is 0 Å². The molecule has 3 heterocycles. The third-order valence-electron chi connectivity index (χ3n) is 5.56. The molecular weight excluding hydrogens is 318 g/mol. The summed E-state index contributed by atoms with van der Waals surface area (Å²) in [6, 6.07) is 10.2. The monoisotopic (exact) mass is 337 g/mol. The first-order chi connectivity index (χ1) is 12.2. The van der Waals surface area contributed by atoms with Gasteiger partial charge in [-0.05, 0) is 42.7 Å². The van der Waals surface area contributed by atoms with Crippen LogP contribution < -0.4 is 0 Å². The van der Waals surface area contributed by atoms with Crippen LogP contribution in [0, 0.1) is 5.92 Å². The van der Waals surface area contributed by atoms with E-state index in [0.29, 0.717) is 18.2 Å². The fourth-order valence-electron chi connectivity index (χ4n) is 4.53. The molecule has 0 spiro atoms. The van der Waals surface area contributed by atoms with Gasteiger partial charge in [0.05, 0.1) is 0 Å². The van der Waals surface area contributed by atoms with Crippen LogP contribution in [0.5, 0.6) is 0 Å². The molecular formula is C18H19N5O2. The maximum Gasteiger partial charge on any atom is 0.408 e. The second-order valence-electron chi connectivity index (χ2n) is 7.06. The van der Waals surface area contributed by atoms with E-state index < -0.39 is 6.09 Å². The third kappa shape index (κ3) is 2.30. The molecule has 5 rings (SSSR count). The van der Waals surface area contributed by atoms with E-state index in [4.69, 9.17) is 0 Å². The molecule has 1 aliphatic carbocycles. The van der Waals surface area contributed by atoms with Crippen LogP contribution in [-0.4, -0.2) is 42.3 Å². The van der Waals surface area contributed by atoms with Gasteiger partial charge in [0, 0.05) is 23.7 Å². The van der Waals surface area contributed by atoms with E-state index in [1.54, 1.807) is 4.90 Å². The third-order valence-corrected chi connectivity index (χ3v) is 5.56. The number of piperidine rings is 1. The van der Waals surface area contributed by atoms with Crippen LogP contribution in [0.15, 0.2) is 30.3 Å². The number of aromatic nitrogens is 4. The maximum absolute atomic E-state index is 11.6. The quantitative estimate of drug-likeness (QED) is 0.684. The summed E-state index contributed by atoms with van der Waals surface area (Å²) < 4.78 is 0. The lowest BCUT2D eigenvalue weighted by Crippen LogP contribution is -2.39. The Balaban J connectivity index is 1.40. The minimum absolute atomic E-state index is 0.128. The lowest BCUT2D eigenvalue weighted by Gasteiger charge is -2.31. The predicted octanol–water partition coefficient (Wildman–Crippen LogP) is 3.08. The van der Waals surface area contributed by atoms with Crippen LogP contribution in [0.3, 0.4) is 0 Å². The molecule has 2 fully saturated rings. The molecule has 1 saturated heterocycles. The molecule has 3 atom stereocenters. The molecule has 1 saturated carbocycles. The number of H-pyrrole nitrogens is 2. The second kappa shape index (κ2) is 5.34. The number of hydrogen-bond acceptors (Lipinski definition) is 3. The van der Waals surface area contributed by atoms with Gasteiger partial charge in [0.25, 0.3) is 0 Å². The van der Waals surface area contributed by atoms with E-state index >= 15 is 0 Å². The minimum Gasteiger partial charge on any atom is -0.465 e. The number of benzene rings is 1. The van der Waals surface area contributed by atoms with Crippen LogP contribution in [0.1, 0.15) is 42.6 Å². The van der Waals surface area contributed by atoms with Crippen molar-refractivity contribution in [3.05, 3.63) is 47.7 Å². The van der Waals surface area contributed by atoms with Crippen LogP contribution >= 0.6 is 0 Å². The fraction of sp³-hybridized carbons (Fsp3) is 0.389. The number of nitrogens with one attached hydrogen (secondary N) is 2. The first-order valence-electron chi connectivity index (χ1n) is 8.68. The number of carbonyl (C=O) groups is 1. The van der Waals surface area contributed by atoms with E-state index in [0.717, 1.165) is 36.3 Å². The molecule has 1 amide bonds. The van der Waals surface area contributed by atoms with E-state index in [2.05, 4.69) is 32.3 Å². The smallest absolute Gasteiger partial charge is 0.408 e. The summed E-state index contributed by atoms with van der Waals surface area (Å²) in [5.74, 6) is 1.72. The van der Waals surface area contributed by atoms with Gasteiger partial charge in [-0.3, -0.25) is 10.00 Å². The maximum atomic E-state index is 11.6.